The molecule has 0 aliphatic rings. The second kappa shape index (κ2) is 9.55. The normalized spacial score (nSPS) is 11.5. The number of nitrogens with zero attached hydrogens (tertiary/aromatic N) is 1. The topological polar surface area (TPSA) is 66.5 Å². The van der Waals surface area contributed by atoms with Gasteiger partial charge in [-0.05, 0) is 60.9 Å². The lowest BCUT2D eigenvalue weighted by atomic mass is 10.1. The average Bonchev–Trinajstić information content (AvgIpc) is 2.73. The molecule has 0 spiro atoms. The summed E-state index contributed by atoms with van der Waals surface area (Å²) in [5, 5.41) is 2.85. The van der Waals surface area contributed by atoms with E-state index in [1.54, 1.807) is 18.2 Å². The number of benzene rings is 3. The molecule has 30 heavy (non-hydrogen) atoms. The Morgan fingerprint density at radius 1 is 0.933 bits per heavy atom. The van der Waals surface area contributed by atoms with E-state index in [2.05, 4.69) is 21.2 Å². The van der Waals surface area contributed by atoms with Gasteiger partial charge in [-0.2, -0.15) is 4.31 Å². The van der Waals surface area contributed by atoms with Gasteiger partial charge in [-0.15, -0.1) is 0 Å². The predicted molar refractivity (Wildman–Crippen MR) is 123 cm³/mol. The van der Waals surface area contributed by atoms with Gasteiger partial charge in [0, 0.05) is 16.7 Å². The second-order valence-corrected chi connectivity index (χ2v) is 9.86. The van der Waals surface area contributed by atoms with Crippen molar-refractivity contribution in [1.82, 2.24) is 4.31 Å². The summed E-state index contributed by atoms with van der Waals surface area (Å²) in [6, 6.07) is 21.2. The molecule has 0 saturated carbocycles. The minimum absolute atomic E-state index is 0.0880. The van der Waals surface area contributed by atoms with Crippen molar-refractivity contribution >= 4 is 37.5 Å². The van der Waals surface area contributed by atoms with Gasteiger partial charge in [0.05, 0.1) is 11.4 Å². The van der Waals surface area contributed by atoms with Gasteiger partial charge < -0.3 is 5.32 Å². The Morgan fingerprint density at radius 2 is 1.60 bits per heavy atom. The van der Waals surface area contributed by atoms with Crippen LogP contribution in [0.15, 0.2) is 82.2 Å². The van der Waals surface area contributed by atoms with Gasteiger partial charge in [-0.25, -0.2) is 8.42 Å². The molecule has 0 aromatic heterocycles. The van der Waals surface area contributed by atoms with Crippen LogP contribution in [0.4, 0.5) is 5.69 Å². The summed E-state index contributed by atoms with van der Waals surface area (Å²) in [7, 11) is -3.85. The predicted octanol–water partition coefficient (Wildman–Crippen LogP) is 4.90. The van der Waals surface area contributed by atoms with Gasteiger partial charge in [0.1, 0.15) is 0 Å². The molecular weight excluding hydrogens is 464 g/mol. The number of hydrogen-bond acceptors (Lipinski definition) is 3. The smallest absolute Gasteiger partial charge is 0.243 e. The van der Waals surface area contributed by atoms with Gasteiger partial charge in [0.15, 0.2) is 0 Å². The Bertz CT molecular complexity index is 1130. The van der Waals surface area contributed by atoms with Crippen molar-refractivity contribution in [2.45, 2.75) is 25.3 Å². The molecule has 0 bridgehead atoms. The van der Waals surface area contributed by atoms with E-state index in [4.69, 9.17) is 0 Å². The molecule has 156 valence electrons. The van der Waals surface area contributed by atoms with Crippen LogP contribution in [-0.2, 0) is 21.4 Å². The number of amides is 1. The van der Waals surface area contributed by atoms with Gasteiger partial charge in [-0.3, -0.25) is 4.79 Å². The van der Waals surface area contributed by atoms with E-state index in [1.807, 2.05) is 56.3 Å². The van der Waals surface area contributed by atoms with Crippen LogP contribution in [0.1, 0.15) is 16.7 Å². The fourth-order valence-electron chi connectivity index (χ4n) is 3.00. The molecule has 7 heteroatoms. The lowest BCUT2D eigenvalue weighted by molar-refractivity contribution is -0.116. The van der Waals surface area contributed by atoms with Gasteiger partial charge in [-0.1, -0.05) is 58.4 Å². The molecule has 0 unspecified atom stereocenters. The molecule has 3 rings (SSSR count). The maximum absolute atomic E-state index is 13.2. The van der Waals surface area contributed by atoms with E-state index in [-0.39, 0.29) is 23.9 Å². The van der Waals surface area contributed by atoms with Gasteiger partial charge in [0.25, 0.3) is 0 Å². The number of aryl methyl sites for hydroxylation is 1. The quantitative estimate of drug-likeness (QED) is 0.516. The van der Waals surface area contributed by atoms with Crippen molar-refractivity contribution in [2.24, 2.45) is 0 Å². The number of carbonyl (C=O) groups excluding carboxylic acids is 1. The Morgan fingerprint density at radius 3 is 2.27 bits per heavy atom. The number of nitrogens with one attached hydrogen (secondary N) is 1. The molecule has 3 aromatic rings. The summed E-state index contributed by atoms with van der Waals surface area (Å²) in [5.41, 5.74) is 3.48. The highest BCUT2D eigenvalue weighted by Crippen LogP contribution is 2.21. The van der Waals surface area contributed by atoms with Crippen molar-refractivity contribution in [3.63, 3.8) is 0 Å². The van der Waals surface area contributed by atoms with Crippen LogP contribution in [0.25, 0.3) is 0 Å². The zero-order valence-electron chi connectivity index (χ0n) is 16.8. The van der Waals surface area contributed by atoms with Crippen molar-refractivity contribution in [1.29, 1.82) is 0 Å². The summed E-state index contributed by atoms with van der Waals surface area (Å²) in [6.45, 7) is 3.68. The molecule has 1 amide bonds. The largest absolute Gasteiger partial charge is 0.325 e. The van der Waals surface area contributed by atoms with Crippen molar-refractivity contribution in [2.75, 3.05) is 11.9 Å². The summed E-state index contributed by atoms with van der Waals surface area (Å²) >= 11 is 3.38. The lowest BCUT2D eigenvalue weighted by Crippen LogP contribution is -2.37. The minimum Gasteiger partial charge on any atom is -0.325 e. The summed E-state index contributed by atoms with van der Waals surface area (Å²) in [5.74, 6) is -0.389. The number of hydrogen-bond donors (Lipinski definition) is 1. The molecule has 3 aromatic carbocycles. The standard InChI is InChI=1S/C23H23BrN2O3S/c1-17-7-6-10-22(18(17)2)25-23(27)16-26(15-19-11-13-20(24)14-12-19)30(28,29)21-8-4-3-5-9-21/h3-14H,15-16H2,1-2H3,(H,25,27). The fourth-order valence-corrected chi connectivity index (χ4v) is 4.67. The zero-order valence-corrected chi connectivity index (χ0v) is 19.2. The van der Waals surface area contributed by atoms with Crippen LogP contribution in [0, 0.1) is 13.8 Å². The van der Waals surface area contributed by atoms with Crippen molar-refractivity contribution < 1.29 is 13.2 Å². The first-order chi connectivity index (χ1) is 14.3. The average molecular weight is 487 g/mol. The third-order valence-corrected chi connectivity index (χ3v) is 7.19. The zero-order chi connectivity index (χ0) is 21.7. The van der Waals surface area contributed by atoms with E-state index in [1.165, 1.54) is 16.4 Å². The molecule has 1 N–H and O–H groups in total. The first kappa shape index (κ1) is 22.2. The lowest BCUT2D eigenvalue weighted by Gasteiger charge is -2.22. The van der Waals surface area contributed by atoms with Crippen molar-refractivity contribution in [3.05, 3.63) is 94.0 Å². The van der Waals surface area contributed by atoms with Crippen LogP contribution in [0.3, 0.4) is 0 Å². The first-order valence-electron chi connectivity index (χ1n) is 9.43. The Hall–Kier alpha value is -2.48. The van der Waals surface area contributed by atoms with E-state index >= 15 is 0 Å². The highest BCUT2D eigenvalue weighted by molar-refractivity contribution is 9.10. The number of sulfonamides is 1. The molecule has 5 nitrogen and oxygen atoms in total. The van der Waals surface area contributed by atoms with Crippen LogP contribution >= 0.6 is 15.9 Å². The second-order valence-electron chi connectivity index (χ2n) is 7.01. The molecule has 0 saturated heterocycles. The molecule has 0 heterocycles. The van der Waals surface area contributed by atoms with Crippen LogP contribution in [-0.4, -0.2) is 25.2 Å². The number of anilines is 1. The Kier molecular flexibility index (Phi) is 7.07. The van der Waals surface area contributed by atoms with E-state index < -0.39 is 10.0 Å². The third kappa shape index (κ3) is 5.36. The van der Waals surface area contributed by atoms with E-state index in [9.17, 15) is 13.2 Å². The van der Waals surface area contributed by atoms with E-state index in [0.717, 1.165) is 21.2 Å². The Balaban J connectivity index is 1.87. The van der Waals surface area contributed by atoms with E-state index in [0.29, 0.717) is 5.69 Å². The molecule has 0 atom stereocenters. The SMILES string of the molecule is Cc1cccc(NC(=O)CN(Cc2ccc(Br)cc2)S(=O)(=O)c2ccccc2)c1C. The molecular formula is C23H23BrN2O3S. The minimum atomic E-state index is -3.85. The van der Waals surface area contributed by atoms with Crippen LogP contribution in [0.2, 0.25) is 0 Å². The van der Waals surface area contributed by atoms with Gasteiger partial charge in [0.2, 0.25) is 15.9 Å². The summed E-state index contributed by atoms with van der Waals surface area (Å²) in [4.78, 5) is 12.9. The first-order valence-corrected chi connectivity index (χ1v) is 11.7. The summed E-state index contributed by atoms with van der Waals surface area (Å²) in [6.07, 6.45) is 0. The number of rotatable bonds is 7. The number of carbonyl (C=O) groups is 1. The highest BCUT2D eigenvalue weighted by atomic mass is 79.9. The maximum atomic E-state index is 13.2. The Labute approximate surface area is 185 Å². The maximum Gasteiger partial charge on any atom is 0.243 e. The monoisotopic (exact) mass is 486 g/mol. The highest BCUT2D eigenvalue weighted by Gasteiger charge is 2.27. The fraction of sp³-hybridized carbons (Fsp3) is 0.174. The number of halogens is 1. The third-order valence-electron chi connectivity index (χ3n) is 4.85. The van der Waals surface area contributed by atoms with Crippen LogP contribution < -0.4 is 5.32 Å². The molecule has 0 aliphatic heterocycles. The molecule has 0 radical (unpaired) electrons. The van der Waals surface area contributed by atoms with Gasteiger partial charge >= 0.3 is 0 Å². The molecule has 0 aliphatic carbocycles. The summed E-state index contributed by atoms with van der Waals surface area (Å²) < 4.78 is 28.6. The van der Waals surface area contributed by atoms with Crippen LogP contribution in [0.5, 0.6) is 0 Å². The van der Waals surface area contributed by atoms with Crippen molar-refractivity contribution in [3.8, 4) is 0 Å². The molecule has 0 fully saturated rings.